The third-order valence-corrected chi connectivity index (χ3v) is 11.8. The fraction of sp³-hybridized carbons (Fsp3) is 0.354. The number of carbonyl (C=O) groups is 4. The molecule has 17 heteroatoms. The number of hydrogen-bond acceptors (Lipinski definition) is 11. The summed E-state index contributed by atoms with van der Waals surface area (Å²) >= 11 is 7.74. The first kappa shape index (κ1) is 47.9. The van der Waals surface area contributed by atoms with Gasteiger partial charge in [-0.15, -0.1) is 11.3 Å². The van der Waals surface area contributed by atoms with Gasteiger partial charge in [-0.3, -0.25) is 23.9 Å². The fourth-order valence-electron chi connectivity index (χ4n) is 7.12. The maximum absolute atomic E-state index is 13.9. The van der Waals surface area contributed by atoms with Crippen LogP contribution in [0.15, 0.2) is 84.5 Å². The Labute approximate surface area is 387 Å². The Bertz CT molecular complexity index is 2590. The van der Waals surface area contributed by atoms with Gasteiger partial charge in [0.15, 0.2) is 0 Å². The topological polar surface area (TPSA) is 201 Å². The normalized spacial score (nSPS) is 15.5. The van der Waals surface area contributed by atoms with Gasteiger partial charge in [-0.1, -0.05) is 74.5 Å². The number of likely N-dealkylation sites (tertiary alicyclic amines) is 1. The Morgan fingerprint density at radius 1 is 1.00 bits per heavy atom. The van der Waals surface area contributed by atoms with Gasteiger partial charge in [0.25, 0.3) is 5.91 Å². The van der Waals surface area contributed by atoms with Crippen molar-refractivity contribution in [3.8, 4) is 45.4 Å². The Morgan fingerprint density at radius 2 is 1.72 bits per heavy atom. The van der Waals surface area contributed by atoms with Gasteiger partial charge in [-0.2, -0.15) is 10.4 Å². The van der Waals surface area contributed by atoms with Crippen molar-refractivity contribution >= 4 is 46.6 Å². The Kier molecular flexibility index (Phi) is 16.1. The number of hydrogen-bond donors (Lipinski definition) is 4. The van der Waals surface area contributed by atoms with E-state index in [0.717, 1.165) is 27.3 Å². The van der Waals surface area contributed by atoms with Gasteiger partial charge in [0, 0.05) is 42.9 Å². The van der Waals surface area contributed by atoms with E-state index >= 15 is 0 Å². The first-order valence-corrected chi connectivity index (χ1v) is 22.2. The number of amides is 4. The lowest BCUT2D eigenvalue weighted by molar-refractivity contribution is -0.144. The lowest BCUT2D eigenvalue weighted by atomic mass is 9.85. The fourth-order valence-corrected chi connectivity index (χ4v) is 8.15. The van der Waals surface area contributed by atoms with Crippen molar-refractivity contribution in [2.45, 2.75) is 78.4 Å². The number of carbonyl (C=O) groups excluding carboxylic acids is 4. The lowest BCUT2D eigenvalue weighted by Crippen LogP contribution is -2.58. The molecule has 0 spiro atoms. The van der Waals surface area contributed by atoms with Crippen molar-refractivity contribution in [1.29, 1.82) is 5.26 Å². The zero-order chi connectivity index (χ0) is 46.7. The number of aliphatic hydroxyl groups is 1. The lowest BCUT2D eigenvalue weighted by Gasteiger charge is -2.35. The summed E-state index contributed by atoms with van der Waals surface area (Å²) < 4.78 is 12.9. The molecular weight excluding hydrogens is 868 g/mol. The molecule has 5 aromatic rings. The second-order valence-corrected chi connectivity index (χ2v) is 18.0. The molecule has 65 heavy (non-hydrogen) atoms. The highest BCUT2D eigenvalue weighted by molar-refractivity contribution is 7.13. The van der Waals surface area contributed by atoms with Crippen LogP contribution in [-0.4, -0.2) is 99.0 Å². The average molecular weight is 920 g/mol. The summed E-state index contributed by atoms with van der Waals surface area (Å²) in [6.45, 7) is 9.50. The number of benzene rings is 3. The van der Waals surface area contributed by atoms with Gasteiger partial charge in [0.2, 0.25) is 17.7 Å². The summed E-state index contributed by atoms with van der Waals surface area (Å²) in [4.78, 5) is 60.0. The van der Waals surface area contributed by atoms with Crippen LogP contribution in [0, 0.1) is 35.5 Å². The van der Waals surface area contributed by atoms with Gasteiger partial charge < -0.3 is 35.4 Å². The number of thiazole rings is 1. The molecule has 0 unspecified atom stereocenters. The number of β-amino-alcohol motifs (C(OH)–C–C–N with tert-alkyl or cyclic N) is 1. The third-order valence-electron chi connectivity index (χ3n) is 10.5. The summed E-state index contributed by atoms with van der Waals surface area (Å²) in [6, 6.07) is 21.3. The quantitative estimate of drug-likeness (QED) is 0.0721. The van der Waals surface area contributed by atoms with E-state index in [0.29, 0.717) is 34.1 Å². The molecular formula is C48H51ClN8O7S. The molecule has 338 valence electrons. The molecule has 3 heterocycles. The van der Waals surface area contributed by atoms with Crippen LogP contribution >= 0.6 is 22.9 Å². The molecule has 4 atom stereocenters. The first-order valence-electron chi connectivity index (χ1n) is 20.9. The SMILES string of the molecule is Cc1ncsc1-c1ccc(CNC(=O)[C@@H]2C[C@@H](O)CN2C(=O)[C@@H](NC(=O)COCC#CCOc2ccc(C(=O)N[C@@H](C)Cn3ccc(-c4ccc(C#N)c(Cl)c4)n3)cc2)C(C)(C)C)cc1. The predicted octanol–water partition coefficient (Wildman–Crippen LogP) is 5.53. The van der Waals surface area contributed by atoms with E-state index in [1.807, 2.05) is 77.2 Å². The highest BCUT2D eigenvalue weighted by Gasteiger charge is 2.44. The summed E-state index contributed by atoms with van der Waals surface area (Å²) in [5.74, 6) is 4.47. The Morgan fingerprint density at radius 3 is 2.40 bits per heavy atom. The number of aryl methyl sites for hydroxylation is 1. The minimum atomic E-state index is -0.999. The van der Waals surface area contributed by atoms with Gasteiger partial charge in [0.1, 0.15) is 43.7 Å². The second-order valence-electron chi connectivity index (χ2n) is 16.7. The molecule has 0 bridgehead atoms. The monoisotopic (exact) mass is 918 g/mol. The van der Waals surface area contributed by atoms with Crippen LogP contribution in [0.1, 0.15) is 61.3 Å². The molecule has 4 amide bonds. The van der Waals surface area contributed by atoms with Gasteiger partial charge in [-0.05, 0) is 72.9 Å². The molecule has 1 fully saturated rings. The molecule has 6 rings (SSSR count). The molecule has 15 nitrogen and oxygen atoms in total. The number of rotatable bonds is 16. The molecule has 3 aromatic carbocycles. The van der Waals surface area contributed by atoms with Gasteiger partial charge in [0.05, 0.1) is 45.0 Å². The van der Waals surface area contributed by atoms with Crippen LogP contribution in [0.4, 0.5) is 0 Å². The van der Waals surface area contributed by atoms with Crippen molar-refractivity contribution in [3.63, 3.8) is 0 Å². The van der Waals surface area contributed by atoms with Gasteiger partial charge in [-0.25, -0.2) is 4.98 Å². The second kappa shape index (κ2) is 21.9. The molecule has 1 saturated heterocycles. The summed E-state index contributed by atoms with van der Waals surface area (Å²) in [5, 5.41) is 33.2. The van der Waals surface area contributed by atoms with E-state index in [4.69, 9.17) is 26.3 Å². The zero-order valence-electron chi connectivity index (χ0n) is 36.8. The van der Waals surface area contributed by atoms with E-state index in [2.05, 4.69) is 37.9 Å². The molecule has 4 N–H and O–H groups in total. The molecule has 0 radical (unpaired) electrons. The minimum absolute atomic E-state index is 0.0369. The maximum atomic E-state index is 13.9. The number of nitrogens with zero attached hydrogens (tertiary/aromatic N) is 5. The number of halogens is 1. The molecule has 1 aliphatic heterocycles. The van der Waals surface area contributed by atoms with Crippen molar-refractivity contribution in [3.05, 3.63) is 112 Å². The van der Waals surface area contributed by atoms with Crippen molar-refractivity contribution in [1.82, 2.24) is 35.6 Å². The summed E-state index contributed by atoms with van der Waals surface area (Å²) in [5.41, 5.74) is 6.27. The molecule has 2 aromatic heterocycles. The van der Waals surface area contributed by atoms with Crippen LogP contribution in [0.5, 0.6) is 5.75 Å². The minimum Gasteiger partial charge on any atom is -0.481 e. The zero-order valence-corrected chi connectivity index (χ0v) is 38.3. The highest BCUT2D eigenvalue weighted by Crippen LogP contribution is 2.29. The maximum Gasteiger partial charge on any atom is 0.251 e. The summed E-state index contributed by atoms with van der Waals surface area (Å²) in [7, 11) is 0. The summed E-state index contributed by atoms with van der Waals surface area (Å²) in [6.07, 6.45) is 1.00. The largest absolute Gasteiger partial charge is 0.481 e. The molecule has 0 aliphatic carbocycles. The van der Waals surface area contributed by atoms with Crippen molar-refractivity contribution < 1.29 is 33.8 Å². The van der Waals surface area contributed by atoms with Crippen LogP contribution in [0.25, 0.3) is 21.7 Å². The van der Waals surface area contributed by atoms with Gasteiger partial charge >= 0.3 is 0 Å². The van der Waals surface area contributed by atoms with E-state index in [1.54, 1.807) is 64.0 Å². The number of nitriles is 1. The number of ether oxygens (including phenoxy) is 2. The highest BCUT2D eigenvalue weighted by atomic mass is 35.5. The van der Waals surface area contributed by atoms with Crippen molar-refractivity contribution in [2.75, 3.05) is 26.4 Å². The van der Waals surface area contributed by atoms with E-state index in [9.17, 15) is 24.3 Å². The van der Waals surface area contributed by atoms with Crippen LogP contribution < -0.4 is 20.7 Å². The molecule has 0 saturated carbocycles. The smallest absolute Gasteiger partial charge is 0.251 e. The number of aliphatic hydroxyl groups excluding tert-OH is 1. The Hall–Kier alpha value is -6.56. The van der Waals surface area contributed by atoms with E-state index in [1.165, 1.54) is 4.90 Å². The standard InChI is InChI=1S/C48H51ClN8O7S/c1-30(26-56-19-18-40(55-56)35-12-13-36(24-50)39(49)22-35)53-45(60)34-14-16-38(17-15-34)64-21-7-6-20-63-28-42(59)54-44(48(3,4)5)47(62)57-27-37(58)23-41(57)46(61)51-25-32-8-10-33(11-9-32)43-31(2)52-29-65-43/h8-19,22,29-30,37,41,44,58H,20-21,23,25-28H2,1-5H3,(H,51,61)(H,53,60)(H,54,59)/t30-,37+,41-,44+/m0/s1. The van der Waals surface area contributed by atoms with E-state index < -0.39 is 35.4 Å². The first-order chi connectivity index (χ1) is 31.1. The van der Waals surface area contributed by atoms with Crippen LogP contribution in [0.2, 0.25) is 5.02 Å². The van der Waals surface area contributed by atoms with Crippen LogP contribution in [-0.2, 0) is 32.2 Å². The van der Waals surface area contributed by atoms with Crippen molar-refractivity contribution in [2.24, 2.45) is 5.41 Å². The van der Waals surface area contributed by atoms with Crippen LogP contribution in [0.3, 0.4) is 0 Å². The number of aromatic nitrogens is 3. The third kappa shape index (κ3) is 13.0. The van der Waals surface area contributed by atoms with E-state index in [-0.39, 0.29) is 57.2 Å². The average Bonchev–Trinajstić information content (AvgIpc) is 4.04. The number of nitrogens with one attached hydrogen (secondary N) is 3. The molecule has 1 aliphatic rings. The predicted molar refractivity (Wildman–Crippen MR) is 246 cm³/mol. The Balaban J connectivity index is 0.902.